The summed E-state index contributed by atoms with van der Waals surface area (Å²) in [5, 5.41) is 5.23. The number of benzene rings is 2. The van der Waals surface area contributed by atoms with Gasteiger partial charge in [-0.1, -0.05) is 36.4 Å². The highest BCUT2D eigenvalue weighted by molar-refractivity contribution is 6.08. The first-order valence-corrected chi connectivity index (χ1v) is 11.5. The number of fused-ring (bicyclic) bond motifs is 6. The molecule has 4 heterocycles. The normalized spacial score (nSPS) is 11.9. The average molecular weight is 421 g/mol. The van der Waals surface area contributed by atoms with Gasteiger partial charge in [-0.05, 0) is 12.1 Å². The van der Waals surface area contributed by atoms with Crippen LogP contribution in [0.2, 0.25) is 0 Å². The smallest absolute Gasteiger partial charge is 0.202 e. The lowest BCUT2D eigenvalue weighted by Crippen LogP contribution is -2.39. The van der Waals surface area contributed by atoms with E-state index in [0.717, 1.165) is 25.9 Å². The SMILES string of the molecule is Cc1c2[nH]c3ccccc3c2cc[n+]1CCCC[n+]1ccc2c([nH]c3ccccc32)c1C. The van der Waals surface area contributed by atoms with Crippen LogP contribution in [0.4, 0.5) is 0 Å². The Morgan fingerprint density at radius 3 is 1.47 bits per heavy atom. The molecule has 0 bridgehead atoms. The van der Waals surface area contributed by atoms with Crippen molar-refractivity contribution in [3.63, 3.8) is 0 Å². The number of rotatable bonds is 5. The van der Waals surface area contributed by atoms with E-state index < -0.39 is 0 Å². The number of hydrogen-bond donors (Lipinski definition) is 2. The third kappa shape index (κ3) is 2.98. The second-order valence-electron chi connectivity index (χ2n) is 8.81. The lowest BCUT2D eigenvalue weighted by Gasteiger charge is -2.03. The maximum Gasteiger partial charge on any atom is 0.202 e. The third-order valence-electron chi connectivity index (χ3n) is 6.97. The molecule has 0 atom stereocenters. The zero-order chi connectivity index (χ0) is 21.7. The fourth-order valence-corrected chi connectivity index (χ4v) is 5.13. The first-order chi connectivity index (χ1) is 15.7. The number of unbranched alkanes of at least 4 members (excludes halogenated alkanes) is 1. The molecular formula is C28H28N4+2. The predicted octanol–water partition coefficient (Wildman–Crippen LogP) is 5.63. The molecule has 0 aliphatic carbocycles. The summed E-state index contributed by atoms with van der Waals surface area (Å²) in [5.41, 5.74) is 7.54. The molecule has 4 heteroatoms. The van der Waals surface area contributed by atoms with Gasteiger partial charge in [-0.15, -0.1) is 0 Å². The average Bonchev–Trinajstić information content (AvgIpc) is 3.39. The van der Waals surface area contributed by atoms with E-state index in [1.807, 2.05) is 0 Å². The summed E-state index contributed by atoms with van der Waals surface area (Å²) < 4.78 is 4.77. The number of para-hydroxylation sites is 2. The van der Waals surface area contributed by atoms with E-state index >= 15 is 0 Å². The quantitative estimate of drug-likeness (QED) is 0.268. The van der Waals surface area contributed by atoms with E-state index in [1.54, 1.807) is 0 Å². The zero-order valence-electron chi connectivity index (χ0n) is 18.7. The largest absolute Gasteiger partial charge is 0.349 e. The summed E-state index contributed by atoms with van der Waals surface area (Å²) in [6, 6.07) is 21.6. The number of nitrogens with one attached hydrogen (secondary N) is 2. The highest BCUT2D eigenvalue weighted by atomic mass is 15.0. The molecule has 0 saturated heterocycles. The van der Waals surface area contributed by atoms with Crippen LogP contribution in [-0.2, 0) is 13.1 Å². The van der Waals surface area contributed by atoms with Crippen LogP contribution in [0, 0.1) is 13.8 Å². The standard InChI is InChI=1S/C28H26N4/c1-19-27-23(21-9-3-5-11-25(21)29-27)13-17-31(19)15-7-8-16-32-18-14-24-22-10-4-6-12-26(22)30-28(24)20(32)2/h3-6,9-14,17-18H,7-8,15-16H2,1-2H3/p+2. The van der Waals surface area contributed by atoms with Gasteiger partial charge in [0.25, 0.3) is 0 Å². The lowest BCUT2D eigenvalue weighted by molar-refractivity contribution is -0.712. The molecule has 4 nitrogen and oxygen atoms in total. The number of nitrogens with zero attached hydrogens (tertiary/aromatic N) is 2. The topological polar surface area (TPSA) is 39.3 Å². The van der Waals surface area contributed by atoms with Crippen LogP contribution in [0.5, 0.6) is 0 Å². The molecule has 0 spiro atoms. The Kier molecular flexibility index (Phi) is 4.46. The summed E-state index contributed by atoms with van der Waals surface area (Å²) in [7, 11) is 0. The van der Waals surface area contributed by atoms with Crippen molar-refractivity contribution in [1.82, 2.24) is 9.97 Å². The summed E-state index contributed by atoms with van der Waals surface area (Å²) >= 11 is 0. The van der Waals surface area contributed by atoms with Crippen LogP contribution >= 0.6 is 0 Å². The monoisotopic (exact) mass is 420 g/mol. The first kappa shape index (κ1) is 19.1. The predicted molar refractivity (Wildman–Crippen MR) is 131 cm³/mol. The molecule has 32 heavy (non-hydrogen) atoms. The second kappa shape index (κ2) is 7.49. The van der Waals surface area contributed by atoms with Crippen molar-refractivity contribution in [2.75, 3.05) is 0 Å². The van der Waals surface area contributed by atoms with Gasteiger partial charge in [0.05, 0.1) is 0 Å². The van der Waals surface area contributed by atoms with Gasteiger partial charge in [0, 0.05) is 71.4 Å². The number of aromatic nitrogens is 4. The minimum atomic E-state index is 1.03. The van der Waals surface area contributed by atoms with Gasteiger partial charge in [0.2, 0.25) is 11.4 Å². The van der Waals surface area contributed by atoms with E-state index in [1.165, 1.54) is 55.0 Å². The minimum Gasteiger partial charge on any atom is -0.349 e. The molecule has 2 aromatic carbocycles. The molecule has 158 valence electrons. The van der Waals surface area contributed by atoms with E-state index in [4.69, 9.17) is 0 Å². The zero-order valence-corrected chi connectivity index (χ0v) is 18.7. The molecule has 6 aromatic rings. The van der Waals surface area contributed by atoms with Crippen molar-refractivity contribution in [3.05, 3.63) is 84.4 Å². The van der Waals surface area contributed by atoms with Crippen LogP contribution in [0.15, 0.2) is 73.1 Å². The molecule has 2 N–H and O–H groups in total. The molecule has 0 amide bonds. The van der Waals surface area contributed by atoms with Crippen molar-refractivity contribution in [2.45, 2.75) is 39.8 Å². The molecule has 0 radical (unpaired) electrons. The summed E-state index contributed by atoms with van der Waals surface area (Å²) in [5.74, 6) is 0. The van der Waals surface area contributed by atoms with Gasteiger partial charge in [-0.2, -0.15) is 0 Å². The molecule has 0 fully saturated rings. The third-order valence-corrected chi connectivity index (χ3v) is 6.97. The summed E-state index contributed by atoms with van der Waals surface area (Å²) in [4.78, 5) is 7.22. The molecule has 0 aliphatic heterocycles. The number of hydrogen-bond acceptors (Lipinski definition) is 0. The Hall–Kier alpha value is -3.66. The van der Waals surface area contributed by atoms with Gasteiger partial charge >= 0.3 is 0 Å². The van der Waals surface area contributed by atoms with Crippen molar-refractivity contribution in [1.29, 1.82) is 0 Å². The summed E-state index contributed by atoms with van der Waals surface area (Å²) in [6.45, 7) is 6.51. The number of H-pyrrole nitrogens is 2. The van der Waals surface area contributed by atoms with Gasteiger partial charge in [-0.3, -0.25) is 0 Å². The van der Waals surface area contributed by atoms with Crippen LogP contribution < -0.4 is 9.13 Å². The van der Waals surface area contributed by atoms with E-state index in [-0.39, 0.29) is 0 Å². The Bertz CT molecular complexity index is 1480. The van der Waals surface area contributed by atoms with Crippen LogP contribution in [-0.4, -0.2) is 9.97 Å². The molecule has 6 rings (SSSR count). The van der Waals surface area contributed by atoms with Crippen LogP contribution in [0.1, 0.15) is 24.2 Å². The minimum absolute atomic E-state index is 1.03. The second-order valence-corrected chi connectivity index (χ2v) is 8.81. The maximum absolute atomic E-state index is 3.61. The lowest BCUT2D eigenvalue weighted by atomic mass is 10.1. The molecule has 4 aromatic heterocycles. The Labute approximate surface area is 187 Å². The van der Waals surface area contributed by atoms with Gasteiger partial charge in [-0.25, -0.2) is 9.13 Å². The number of pyridine rings is 2. The van der Waals surface area contributed by atoms with Gasteiger partial charge in [0.1, 0.15) is 24.1 Å². The maximum atomic E-state index is 3.61. The fraction of sp³-hybridized carbons (Fsp3) is 0.214. The highest BCUT2D eigenvalue weighted by Gasteiger charge is 2.17. The Balaban J connectivity index is 1.19. The molecule has 0 unspecified atom stereocenters. The molecular weight excluding hydrogens is 392 g/mol. The summed E-state index contributed by atoms with van der Waals surface area (Å²) in [6.07, 6.45) is 6.78. The fourth-order valence-electron chi connectivity index (χ4n) is 5.13. The number of aromatic amines is 2. The molecule has 0 saturated carbocycles. The van der Waals surface area contributed by atoms with Crippen molar-refractivity contribution in [3.8, 4) is 0 Å². The Morgan fingerprint density at radius 1 is 0.562 bits per heavy atom. The van der Waals surface area contributed by atoms with Crippen molar-refractivity contribution >= 4 is 43.6 Å². The van der Waals surface area contributed by atoms with Gasteiger partial charge < -0.3 is 9.97 Å². The van der Waals surface area contributed by atoms with Crippen molar-refractivity contribution in [2.24, 2.45) is 0 Å². The number of aryl methyl sites for hydroxylation is 4. The highest BCUT2D eigenvalue weighted by Crippen LogP contribution is 2.26. The van der Waals surface area contributed by atoms with Crippen LogP contribution in [0.25, 0.3) is 43.6 Å². The van der Waals surface area contributed by atoms with E-state index in [9.17, 15) is 0 Å². The van der Waals surface area contributed by atoms with Crippen molar-refractivity contribution < 1.29 is 9.13 Å². The molecule has 0 aliphatic rings. The van der Waals surface area contributed by atoms with Crippen LogP contribution in [0.3, 0.4) is 0 Å². The Morgan fingerprint density at radius 2 is 1.00 bits per heavy atom. The van der Waals surface area contributed by atoms with E-state index in [2.05, 4.69) is 106 Å². The first-order valence-electron chi connectivity index (χ1n) is 11.5. The van der Waals surface area contributed by atoms with E-state index in [0.29, 0.717) is 0 Å². The van der Waals surface area contributed by atoms with Gasteiger partial charge in [0.15, 0.2) is 12.4 Å².